The van der Waals surface area contributed by atoms with Crippen molar-refractivity contribution in [1.29, 1.82) is 0 Å². The summed E-state index contributed by atoms with van der Waals surface area (Å²) in [7, 11) is 0. The fraction of sp³-hybridized carbons (Fsp3) is 0.864. The van der Waals surface area contributed by atoms with Crippen molar-refractivity contribution in [2.75, 3.05) is 13.2 Å². The van der Waals surface area contributed by atoms with Gasteiger partial charge in [0.2, 0.25) is 11.8 Å². The van der Waals surface area contributed by atoms with Gasteiger partial charge in [0.1, 0.15) is 6.04 Å². The molecule has 170 valence electrons. The Kier molecular flexibility index (Phi) is 12.1. The van der Waals surface area contributed by atoms with Crippen LogP contribution in [0.1, 0.15) is 87.0 Å². The molecular weight excluding hydrogens is 372 g/mol. The quantitative estimate of drug-likeness (QED) is 0.377. The lowest BCUT2D eigenvalue weighted by Crippen LogP contribution is -2.48. The van der Waals surface area contributed by atoms with Crippen molar-refractivity contribution in [3.63, 3.8) is 0 Å². The molecule has 0 aromatic rings. The highest BCUT2D eigenvalue weighted by atomic mass is 16.5. The minimum Gasteiger partial charge on any atom is -0.480 e. The highest BCUT2D eigenvalue weighted by Gasteiger charge is 2.34. The van der Waals surface area contributed by atoms with Crippen LogP contribution in [0.4, 0.5) is 0 Å². The zero-order chi connectivity index (χ0) is 22.7. The van der Waals surface area contributed by atoms with Gasteiger partial charge < -0.3 is 20.5 Å². The van der Waals surface area contributed by atoms with Crippen molar-refractivity contribution >= 4 is 17.8 Å². The molecule has 2 atom stereocenters. The van der Waals surface area contributed by atoms with Crippen molar-refractivity contribution in [2.45, 2.75) is 99.1 Å². The zero-order valence-corrected chi connectivity index (χ0v) is 19.4. The summed E-state index contributed by atoms with van der Waals surface area (Å²) < 4.78 is 5.63. The molecule has 0 bridgehead atoms. The number of unbranched alkanes of at least 4 members (excludes halogenated alkanes) is 1. The molecule has 0 aromatic carbocycles. The molecule has 7 heteroatoms. The Morgan fingerprint density at radius 3 is 2.21 bits per heavy atom. The third-order valence-electron chi connectivity index (χ3n) is 4.62. The minimum atomic E-state index is -1.13. The molecule has 0 aliphatic carbocycles. The molecule has 0 aliphatic heterocycles. The van der Waals surface area contributed by atoms with Crippen LogP contribution in [0.15, 0.2) is 0 Å². The fourth-order valence-corrected chi connectivity index (χ4v) is 3.31. The average molecular weight is 415 g/mol. The molecular formula is C22H42N2O5. The predicted octanol–water partition coefficient (Wildman–Crippen LogP) is 3.51. The summed E-state index contributed by atoms with van der Waals surface area (Å²) in [5.74, 6) is -1.66. The van der Waals surface area contributed by atoms with Crippen LogP contribution in [0.3, 0.4) is 0 Å². The standard InChI is InChI=1S/C22H42N2O5/c1-8-9-14-29-16(2)12-13-23-18(25)11-10-17(19(26)27)24-20(28)22(6,7)15-21(3,4)5/h16-17H,8-15H2,1-7H3,(H,23,25)(H,24,28)(H,26,27). The molecule has 29 heavy (non-hydrogen) atoms. The van der Waals surface area contributed by atoms with E-state index in [1.54, 1.807) is 0 Å². The van der Waals surface area contributed by atoms with Crippen LogP contribution < -0.4 is 10.6 Å². The molecule has 0 saturated heterocycles. The molecule has 2 unspecified atom stereocenters. The highest BCUT2D eigenvalue weighted by Crippen LogP contribution is 2.33. The Labute approximate surface area is 176 Å². The first-order chi connectivity index (χ1) is 13.3. The third kappa shape index (κ3) is 13.3. The molecule has 0 aromatic heterocycles. The van der Waals surface area contributed by atoms with Gasteiger partial charge in [0.05, 0.1) is 6.10 Å². The summed E-state index contributed by atoms with van der Waals surface area (Å²) >= 11 is 0. The van der Waals surface area contributed by atoms with Gasteiger partial charge >= 0.3 is 5.97 Å². The zero-order valence-electron chi connectivity index (χ0n) is 19.4. The summed E-state index contributed by atoms with van der Waals surface area (Å²) in [4.78, 5) is 36.1. The predicted molar refractivity (Wildman–Crippen MR) is 115 cm³/mol. The molecule has 0 rings (SSSR count). The van der Waals surface area contributed by atoms with Crippen molar-refractivity contribution in [2.24, 2.45) is 10.8 Å². The highest BCUT2D eigenvalue weighted by molar-refractivity contribution is 5.87. The molecule has 3 N–H and O–H groups in total. The molecule has 0 radical (unpaired) electrons. The van der Waals surface area contributed by atoms with Gasteiger partial charge in [-0.25, -0.2) is 4.79 Å². The van der Waals surface area contributed by atoms with Crippen molar-refractivity contribution in [1.82, 2.24) is 10.6 Å². The van der Waals surface area contributed by atoms with E-state index in [0.29, 0.717) is 19.4 Å². The van der Waals surface area contributed by atoms with Gasteiger partial charge in [-0.05, 0) is 38.0 Å². The number of nitrogens with one attached hydrogen (secondary N) is 2. The second-order valence-electron chi connectivity index (χ2n) is 9.70. The minimum absolute atomic E-state index is 0.0437. The second-order valence-corrected chi connectivity index (χ2v) is 9.70. The van der Waals surface area contributed by atoms with Crippen molar-refractivity contribution in [3.05, 3.63) is 0 Å². The molecule has 0 saturated carbocycles. The lowest BCUT2D eigenvalue weighted by atomic mass is 9.75. The first-order valence-electron chi connectivity index (χ1n) is 10.7. The lowest BCUT2D eigenvalue weighted by molar-refractivity contribution is -0.144. The van der Waals surface area contributed by atoms with E-state index < -0.39 is 17.4 Å². The molecule has 7 nitrogen and oxygen atoms in total. The van der Waals surface area contributed by atoms with Crippen LogP contribution in [-0.2, 0) is 19.1 Å². The monoisotopic (exact) mass is 414 g/mol. The largest absolute Gasteiger partial charge is 0.480 e. The number of ether oxygens (including phenoxy) is 1. The SMILES string of the molecule is CCCCOC(C)CCNC(=O)CCC(NC(=O)C(C)(C)CC(C)(C)C)C(=O)O. The first-order valence-corrected chi connectivity index (χ1v) is 10.7. The van der Waals surface area contributed by atoms with E-state index in [1.807, 2.05) is 41.5 Å². The number of carboxylic acids is 1. The maximum Gasteiger partial charge on any atom is 0.326 e. The maximum atomic E-state index is 12.6. The smallest absolute Gasteiger partial charge is 0.326 e. The van der Waals surface area contributed by atoms with Gasteiger partial charge in [0.25, 0.3) is 0 Å². The summed E-state index contributed by atoms with van der Waals surface area (Å²) in [5, 5.41) is 14.8. The Hall–Kier alpha value is -1.63. The Balaban J connectivity index is 4.41. The van der Waals surface area contributed by atoms with Crippen LogP contribution in [-0.4, -0.2) is 48.2 Å². The van der Waals surface area contributed by atoms with Gasteiger partial charge in [0, 0.05) is 25.0 Å². The van der Waals surface area contributed by atoms with Gasteiger partial charge in [-0.1, -0.05) is 48.0 Å². The van der Waals surface area contributed by atoms with Crippen LogP contribution in [0.5, 0.6) is 0 Å². The van der Waals surface area contributed by atoms with Crippen LogP contribution in [0, 0.1) is 10.8 Å². The van der Waals surface area contributed by atoms with Crippen LogP contribution >= 0.6 is 0 Å². The number of carbonyl (C=O) groups excluding carboxylic acids is 2. The Morgan fingerprint density at radius 2 is 1.69 bits per heavy atom. The number of hydrogen-bond acceptors (Lipinski definition) is 4. The number of hydrogen-bond donors (Lipinski definition) is 3. The summed E-state index contributed by atoms with van der Waals surface area (Å²) in [5.41, 5.74) is -0.751. The third-order valence-corrected chi connectivity index (χ3v) is 4.62. The second kappa shape index (κ2) is 12.8. The van der Waals surface area contributed by atoms with Gasteiger partial charge in [-0.15, -0.1) is 0 Å². The van der Waals surface area contributed by atoms with Crippen molar-refractivity contribution < 1.29 is 24.2 Å². The topological polar surface area (TPSA) is 105 Å². The lowest BCUT2D eigenvalue weighted by Gasteiger charge is -2.32. The molecule has 0 spiro atoms. The van der Waals surface area contributed by atoms with Gasteiger partial charge in [-0.2, -0.15) is 0 Å². The first kappa shape index (κ1) is 27.4. The fourth-order valence-electron chi connectivity index (χ4n) is 3.31. The van der Waals surface area contributed by atoms with E-state index >= 15 is 0 Å². The molecule has 2 amide bonds. The van der Waals surface area contributed by atoms with E-state index in [-0.39, 0.29) is 36.2 Å². The van der Waals surface area contributed by atoms with E-state index in [2.05, 4.69) is 17.6 Å². The Bertz CT molecular complexity index is 526. The molecule has 0 aliphatic rings. The number of carbonyl (C=O) groups is 3. The average Bonchev–Trinajstić information content (AvgIpc) is 2.56. The Morgan fingerprint density at radius 1 is 1.07 bits per heavy atom. The van der Waals surface area contributed by atoms with E-state index in [1.165, 1.54) is 0 Å². The number of rotatable bonds is 14. The number of aliphatic carboxylic acids is 1. The normalized spacial score (nSPS) is 14.2. The van der Waals surface area contributed by atoms with E-state index in [4.69, 9.17) is 4.74 Å². The van der Waals surface area contributed by atoms with E-state index in [0.717, 1.165) is 19.4 Å². The molecule has 0 heterocycles. The van der Waals surface area contributed by atoms with Crippen molar-refractivity contribution in [3.8, 4) is 0 Å². The molecule has 0 fully saturated rings. The summed E-state index contributed by atoms with van der Waals surface area (Å²) in [6, 6.07) is -1.08. The van der Waals surface area contributed by atoms with Gasteiger partial charge in [0.15, 0.2) is 0 Å². The summed E-state index contributed by atoms with van der Waals surface area (Å²) in [6.07, 6.45) is 3.59. The maximum absolute atomic E-state index is 12.6. The van der Waals surface area contributed by atoms with Gasteiger partial charge in [-0.3, -0.25) is 9.59 Å². The number of amides is 2. The van der Waals surface area contributed by atoms with E-state index in [9.17, 15) is 19.5 Å². The van der Waals surface area contributed by atoms with Crippen LogP contribution in [0.25, 0.3) is 0 Å². The number of carboxylic acid groups (broad SMARTS) is 1. The summed E-state index contributed by atoms with van der Waals surface area (Å²) in [6.45, 7) is 15.0. The van der Waals surface area contributed by atoms with Crippen LogP contribution in [0.2, 0.25) is 0 Å².